The largest absolute Gasteiger partial charge is 0.452 e. The van der Waals surface area contributed by atoms with Gasteiger partial charge >= 0.3 is 5.97 Å². The van der Waals surface area contributed by atoms with Crippen molar-refractivity contribution in [3.05, 3.63) is 70.9 Å². The molecule has 168 valence electrons. The van der Waals surface area contributed by atoms with Gasteiger partial charge in [-0.1, -0.05) is 45.0 Å². The molecule has 0 bridgehead atoms. The number of hydrogen-bond acceptors (Lipinski definition) is 5. The van der Waals surface area contributed by atoms with E-state index in [1.807, 2.05) is 30.3 Å². The van der Waals surface area contributed by atoms with Gasteiger partial charge in [0.05, 0.1) is 22.7 Å². The molecule has 3 aromatic rings. The summed E-state index contributed by atoms with van der Waals surface area (Å²) in [5.41, 5.74) is 4.19. The van der Waals surface area contributed by atoms with Crippen molar-refractivity contribution in [3.8, 4) is 6.07 Å². The molecule has 1 aromatic heterocycles. The van der Waals surface area contributed by atoms with Crippen molar-refractivity contribution in [3.63, 3.8) is 0 Å². The average Bonchev–Trinajstić information content (AvgIpc) is 2.80. The van der Waals surface area contributed by atoms with Crippen LogP contribution in [0.4, 0.5) is 5.69 Å². The molecule has 1 aliphatic carbocycles. The molecular weight excluding hydrogens is 414 g/mol. The zero-order chi connectivity index (χ0) is 23.6. The van der Waals surface area contributed by atoms with E-state index in [2.05, 4.69) is 26.1 Å². The highest BCUT2D eigenvalue weighted by Crippen LogP contribution is 2.39. The molecule has 0 aliphatic heterocycles. The zero-order valence-corrected chi connectivity index (χ0v) is 19.1. The fourth-order valence-corrected chi connectivity index (χ4v) is 4.43. The third kappa shape index (κ3) is 4.88. The number of aromatic nitrogens is 1. The van der Waals surface area contributed by atoms with E-state index in [4.69, 9.17) is 15.0 Å². The number of nitriles is 1. The van der Waals surface area contributed by atoms with Crippen LogP contribution in [0.1, 0.15) is 54.4 Å². The predicted octanol–water partition coefficient (Wildman–Crippen LogP) is 5.05. The van der Waals surface area contributed by atoms with Gasteiger partial charge in [0, 0.05) is 16.8 Å². The molecule has 0 fully saturated rings. The lowest BCUT2D eigenvalue weighted by Crippen LogP contribution is -2.29. The highest BCUT2D eigenvalue weighted by atomic mass is 16.5. The van der Waals surface area contributed by atoms with Crippen molar-refractivity contribution in [1.29, 1.82) is 5.26 Å². The van der Waals surface area contributed by atoms with Gasteiger partial charge in [-0.25, -0.2) is 4.79 Å². The van der Waals surface area contributed by atoms with Crippen molar-refractivity contribution in [2.45, 2.75) is 40.0 Å². The fraction of sp³-hybridized carbons (Fsp3) is 0.333. The van der Waals surface area contributed by atoms with E-state index in [1.54, 1.807) is 24.3 Å². The number of esters is 1. The van der Waals surface area contributed by atoms with Crippen LogP contribution in [0.3, 0.4) is 0 Å². The lowest BCUT2D eigenvalue weighted by atomic mass is 9.70. The molecule has 1 N–H and O–H groups in total. The van der Waals surface area contributed by atoms with Crippen LogP contribution in [0.25, 0.3) is 10.9 Å². The van der Waals surface area contributed by atoms with E-state index >= 15 is 0 Å². The molecule has 33 heavy (non-hydrogen) atoms. The van der Waals surface area contributed by atoms with E-state index in [-0.39, 0.29) is 5.41 Å². The minimum Gasteiger partial charge on any atom is -0.452 e. The standard InChI is InChI=1S/C27H27N3O3/c1-27(2,3)18-11-12-23-21(14-18)25(20-9-4-5-10-22(20)30-23)26(32)33-16-24(31)29-19-8-6-7-17(13-19)15-28/h4-10,13,18H,11-12,14,16H2,1-3H3,(H,29,31)/t18-/m1/s1. The van der Waals surface area contributed by atoms with Crippen LogP contribution in [-0.4, -0.2) is 23.5 Å². The van der Waals surface area contributed by atoms with Crippen molar-refractivity contribution in [1.82, 2.24) is 4.98 Å². The summed E-state index contributed by atoms with van der Waals surface area (Å²) in [7, 11) is 0. The molecule has 1 atom stereocenters. The third-order valence-electron chi connectivity index (χ3n) is 6.30. The molecule has 1 aliphatic rings. The molecule has 2 aromatic carbocycles. The molecule has 0 unspecified atom stereocenters. The first-order chi connectivity index (χ1) is 15.8. The van der Waals surface area contributed by atoms with Crippen LogP contribution in [0.15, 0.2) is 48.5 Å². The quantitative estimate of drug-likeness (QED) is 0.572. The van der Waals surface area contributed by atoms with Crippen LogP contribution in [0, 0.1) is 22.7 Å². The number of carbonyl (C=O) groups is 2. The number of carbonyl (C=O) groups excluding carboxylic acids is 2. The second-order valence-electron chi connectivity index (χ2n) is 9.55. The molecule has 4 rings (SSSR count). The number of rotatable bonds is 4. The van der Waals surface area contributed by atoms with Crippen molar-refractivity contribution < 1.29 is 14.3 Å². The summed E-state index contributed by atoms with van der Waals surface area (Å²) in [6, 6.07) is 16.2. The predicted molar refractivity (Wildman–Crippen MR) is 127 cm³/mol. The number of hydrogen-bond donors (Lipinski definition) is 1. The molecular formula is C27H27N3O3. The van der Waals surface area contributed by atoms with Gasteiger partial charge in [0.15, 0.2) is 6.61 Å². The molecule has 1 heterocycles. The Kier molecular flexibility index (Phi) is 6.15. The van der Waals surface area contributed by atoms with E-state index in [0.29, 0.717) is 22.7 Å². The summed E-state index contributed by atoms with van der Waals surface area (Å²) in [6.45, 7) is 6.26. The second kappa shape index (κ2) is 9.03. The number of anilines is 1. The van der Waals surface area contributed by atoms with Gasteiger partial charge in [-0.05, 0) is 60.4 Å². The van der Waals surface area contributed by atoms with Gasteiger partial charge in [0.1, 0.15) is 0 Å². The molecule has 0 radical (unpaired) electrons. The average molecular weight is 442 g/mol. The number of fused-ring (bicyclic) bond motifs is 2. The van der Waals surface area contributed by atoms with Gasteiger partial charge < -0.3 is 10.1 Å². The Morgan fingerprint density at radius 1 is 1.18 bits per heavy atom. The van der Waals surface area contributed by atoms with Crippen molar-refractivity contribution in [2.24, 2.45) is 11.3 Å². The number of para-hydroxylation sites is 1. The first-order valence-electron chi connectivity index (χ1n) is 11.1. The summed E-state index contributed by atoms with van der Waals surface area (Å²) >= 11 is 0. The number of aryl methyl sites for hydroxylation is 1. The normalized spacial score (nSPS) is 15.4. The first kappa shape index (κ1) is 22.5. The molecule has 1 amide bonds. The number of nitrogens with zero attached hydrogens (tertiary/aromatic N) is 2. The Labute approximate surface area is 193 Å². The minimum atomic E-state index is -0.514. The van der Waals surface area contributed by atoms with E-state index in [9.17, 15) is 9.59 Å². The Morgan fingerprint density at radius 3 is 2.73 bits per heavy atom. The maximum atomic E-state index is 13.3. The SMILES string of the molecule is CC(C)(C)[C@@H]1CCc2nc3ccccc3c(C(=O)OCC(=O)Nc3cccc(C#N)c3)c2C1. The molecule has 0 spiro atoms. The third-order valence-corrected chi connectivity index (χ3v) is 6.30. The first-order valence-corrected chi connectivity index (χ1v) is 11.1. The van der Waals surface area contributed by atoms with Gasteiger partial charge in [0.25, 0.3) is 5.91 Å². The lowest BCUT2D eigenvalue weighted by Gasteiger charge is -2.35. The molecule has 0 saturated carbocycles. The van der Waals surface area contributed by atoms with Crippen molar-refractivity contribution in [2.75, 3.05) is 11.9 Å². The number of ether oxygens (including phenoxy) is 1. The summed E-state index contributed by atoms with van der Waals surface area (Å²) in [5, 5.41) is 12.4. The number of benzene rings is 2. The fourth-order valence-electron chi connectivity index (χ4n) is 4.43. The number of amides is 1. The van der Waals surface area contributed by atoms with E-state index < -0.39 is 18.5 Å². The van der Waals surface area contributed by atoms with Crippen LogP contribution in [0.5, 0.6) is 0 Å². The monoisotopic (exact) mass is 441 g/mol. The summed E-state index contributed by atoms with van der Waals surface area (Å²) in [4.78, 5) is 30.5. The summed E-state index contributed by atoms with van der Waals surface area (Å²) in [6.07, 6.45) is 2.60. The maximum absolute atomic E-state index is 13.3. The van der Waals surface area contributed by atoms with Crippen LogP contribution in [0.2, 0.25) is 0 Å². The Hall–Kier alpha value is -3.72. The Bertz CT molecular complexity index is 1270. The number of pyridine rings is 1. The summed E-state index contributed by atoms with van der Waals surface area (Å²) < 4.78 is 5.47. The highest BCUT2D eigenvalue weighted by molar-refractivity contribution is 6.06. The Balaban J connectivity index is 1.58. The smallest absolute Gasteiger partial charge is 0.339 e. The van der Waals surface area contributed by atoms with Crippen LogP contribution < -0.4 is 5.32 Å². The van der Waals surface area contributed by atoms with Crippen molar-refractivity contribution >= 4 is 28.5 Å². The number of nitrogens with one attached hydrogen (secondary N) is 1. The van der Waals surface area contributed by atoms with Crippen LogP contribution >= 0.6 is 0 Å². The second-order valence-corrected chi connectivity index (χ2v) is 9.55. The van der Waals surface area contributed by atoms with Gasteiger partial charge in [-0.15, -0.1) is 0 Å². The van der Waals surface area contributed by atoms with Gasteiger partial charge in [-0.2, -0.15) is 5.26 Å². The topological polar surface area (TPSA) is 92.1 Å². The lowest BCUT2D eigenvalue weighted by molar-refractivity contribution is -0.119. The zero-order valence-electron chi connectivity index (χ0n) is 19.1. The van der Waals surface area contributed by atoms with Crippen LogP contribution in [-0.2, 0) is 22.4 Å². The van der Waals surface area contributed by atoms with E-state index in [0.717, 1.165) is 41.4 Å². The maximum Gasteiger partial charge on any atom is 0.339 e. The summed E-state index contributed by atoms with van der Waals surface area (Å²) in [5.74, 6) is -0.547. The van der Waals surface area contributed by atoms with E-state index in [1.165, 1.54) is 0 Å². The molecule has 6 heteroatoms. The molecule has 0 saturated heterocycles. The minimum absolute atomic E-state index is 0.113. The Morgan fingerprint density at radius 2 is 1.97 bits per heavy atom. The van der Waals surface area contributed by atoms with Gasteiger partial charge in [-0.3, -0.25) is 9.78 Å². The molecule has 6 nitrogen and oxygen atoms in total. The highest BCUT2D eigenvalue weighted by Gasteiger charge is 2.33. The van der Waals surface area contributed by atoms with Gasteiger partial charge in [0.2, 0.25) is 0 Å².